The van der Waals surface area contributed by atoms with Gasteiger partial charge in [-0.15, -0.1) is 10.2 Å². The van der Waals surface area contributed by atoms with Crippen molar-refractivity contribution in [2.75, 3.05) is 43.4 Å². The molecule has 1 aliphatic rings. The Labute approximate surface area is 184 Å². The van der Waals surface area contributed by atoms with Gasteiger partial charge in [-0.2, -0.15) is 4.37 Å². The van der Waals surface area contributed by atoms with Gasteiger partial charge in [0.05, 0.1) is 4.70 Å². The van der Waals surface area contributed by atoms with Crippen LogP contribution in [0.2, 0.25) is 0 Å². The number of anilines is 1. The van der Waals surface area contributed by atoms with Crippen molar-refractivity contribution < 1.29 is 4.42 Å². The molecule has 154 valence electrons. The number of hydrogen-bond donors (Lipinski definition) is 0. The first kappa shape index (κ1) is 19.5. The summed E-state index contributed by atoms with van der Waals surface area (Å²) in [5.74, 6) is 2.72. The summed E-state index contributed by atoms with van der Waals surface area (Å²) >= 11 is 3.23. The van der Waals surface area contributed by atoms with Crippen molar-refractivity contribution in [2.24, 2.45) is 0 Å². The predicted octanol–water partition coefficient (Wildman–Crippen LogP) is 4.65. The quantitative estimate of drug-likeness (QED) is 0.308. The maximum Gasteiger partial charge on any atom is 0.276 e. The molecule has 2 aromatic carbocycles. The van der Waals surface area contributed by atoms with Crippen molar-refractivity contribution in [1.29, 1.82) is 0 Å². The summed E-state index contributed by atoms with van der Waals surface area (Å²) in [4.78, 5) is 4.96. The molecular weight excluding hydrogens is 414 g/mol. The summed E-state index contributed by atoms with van der Waals surface area (Å²) in [5, 5.41) is 10.2. The van der Waals surface area contributed by atoms with Crippen LogP contribution in [0.5, 0.6) is 0 Å². The smallest absolute Gasteiger partial charge is 0.276 e. The molecule has 0 bridgehead atoms. The van der Waals surface area contributed by atoms with E-state index in [0.29, 0.717) is 11.1 Å². The van der Waals surface area contributed by atoms with Crippen molar-refractivity contribution in [3.05, 3.63) is 54.6 Å². The number of piperazine rings is 1. The highest BCUT2D eigenvalue weighted by molar-refractivity contribution is 7.99. The number of benzene rings is 2. The topological polar surface area (TPSA) is 58.3 Å². The molecule has 4 aromatic rings. The Hall–Kier alpha value is -2.42. The number of rotatable bonds is 7. The molecule has 0 aliphatic carbocycles. The van der Waals surface area contributed by atoms with Crippen LogP contribution >= 0.6 is 23.3 Å². The number of nitrogens with zero attached hydrogens (tertiary/aromatic N) is 5. The maximum atomic E-state index is 5.77. The molecule has 0 atom stereocenters. The van der Waals surface area contributed by atoms with Gasteiger partial charge in [0.15, 0.2) is 0 Å². The molecule has 0 radical (unpaired) electrons. The second-order valence-corrected chi connectivity index (χ2v) is 9.12. The first-order valence-electron chi connectivity index (χ1n) is 10.2. The summed E-state index contributed by atoms with van der Waals surface area (Å²) in [5.41, 5.74) is 0.961. The Morgan fingerprint density at radius 3 is 2.60 bits per heavy atom. The molecule has 3 heterocycles. The minimum Gasteiger partial charge on any atom is -0.411 e. The first-order chi connectivity index (χ1) is 14.9. The van der Waals surface area contributed by atoms with E-state index in [2.05, 4.69) is 44.3 Å². The molecule has 1 aliphatic heterocycles. The van der Waals surface area contributed by atoms with Crippen molar-refractivity contribution in [1.82, 2.24) is 19.5 Å². The summed E-state index contributed by atoms with van der Waals surface area (Å²) in [6.07, 6.45) is 1.10. The fraction of sp³-hybridized carbons (Fsp3) is 0.318. The summed E-state index contributed by atoms with van der Waals surface area (Å²) in [6, 6.07) is 18.4. The minimum absolute atomic E-state index is 0.587. The fourth-order valence-corrected chi connectivity index (χ4v) is 5.18. The van der Waals surface area contributed by atoms with E-state index in [1.165, 1.54) is 10.1 Å². The van der Waals surface area contributed by atoms with Crippen LogP contribution in [-0.4, -0.2) is 57.9 Å². The Morgan fingerprint density at radius 1 is 0.933 bits per heavy atom. The lowest BCUT2D eigenvalue weighted by atomic mass is 10.2. The van der Waals surface area contributed by atoms with E-state index in [0.717, 1.165) is 56.3 Å². The summed E-state index contributed by atoms with van der Waals surface area (Å²) < 4.78 is 11.7. The van der Waals surface area contributed by atoms with Gasteiger partial charge in [-0.25, -0.2) is 0 Å². The average molecular weight is 438 g/mol. The van der Waals surface area contributed by atoms with Gasteiger partial charge in [0.2, 0.25) is 5.89 Å². The van der Waals surface area contributed by atoms with Crippen LogP contribution in [0.4, 0.5) is 5.82 Å². The van der Waals surface area contributed by atoms with Gasteiger partial charge in [-0.3, -0.25) is 4.90 Å². The van der Waals surface area contributed by atoms with E-state index in [1.54, 1.807) is 23.3 Å². The molecule has 0 N–H and O–H groups in total. The monoisotopic (exact) mass is 437 g/mol. The van der Waals surface area contributed by atoms with Gasteiger partial charge in [0.1, 0.15) is 5.82 Å². The number of thioether (sulfide) groups is 1. The highest BCUT2D eigenvalue weighted by Crippen LogP contribution is 2.30. The third kappa shape index (κ3) is 4.35. The lowest BCUT2D eigenvalue weighted by Crippen LogP contribution is -2.46. The molecule has 2 aromatic heterocycles. The maximum absolute atomic E-state index is 5.77. The van der Waals surface area contributed by atoms with E-state index in [4.69, 9.17) is 8.79 Å². The Balaban J connectivity index is 1.06. The molecule has 0 amide bonds. The fourth-order valence-electron chi connectivity index (χ4n) is 3.70. The molecule has 30 heavy (non-hydrogen) atoms. The lowest BCUT2D eigenvalue weighted by Gasteiger charge is -2.35. The van der Waals surface area contributed by atoms with Crippen LogP contribution in [0.25, 0.3) is 21.5 Å². The zero-order valence-corrected chi connectivity index (χ0v) is 18.2. The lowest BCUT2D eigenvalue weighted by molar-refractivity contribution is 0.259. The largest absolute Gasteiger partial charge is 0.411 e. The van der Waals surface area contributed by atoms with Crippen LogP contribution < -0.4 is 4.90 Å². The van der Waals surface area contributed by atoms with Gasteiger partial charge in [0, 0.05) is 42.9 Å². The highest BCUT2D eigenvalue weighted by atomic mass is 32.2. The van der Waals surface area contributed by atoms with Gasteiger partial charge in [0.25, 0.3) is 5.22 Å². The third-order valence-electron chi connectivity index (χ3n) is 5.30. The number of hydrogen-bond acceptors (Lipinski definition) is 8. The van der Waals surface area contributed by atoms with Crippen LogP contribution in [0.1, 0.15) is 6.42 Å². The highest BCUT2D eigenvalue weighted by Gasteiger charge is 2.20. The van der Waals surface area contributed by atoms with Gasteiger partial charge in [-0.1, -0.05) is 42.1 Å². The molecule has 0 unspecified atom stereocenters. The van der Waals surface area contributed by atoms with E-state index in [9.17, 15) is 0 Å². The normalized spacial score (nSPS) is 15.1. The molecule has 0 saturated carbocycles. The Bertz CT molecular complexity index is 1090. The standard InChI is InChI=1S/C22H23N5OS2/c1-2-7-17(8-3-1)21-23-24-22(28-21)29-16-6-11-26-12-14-27(15-13-26)20-18-9-4-5-10-19(18)30-25-20/h1-5,7-10H,6,11-16H2. The van der Waals surface area contributed by atoms with Crippen LogP contribution in [-0.2, 0) is 0 Å². The zero-order chi connectivity index (χ0) is 20.2. The van der Waals surface area contributed by atoms with Crippen molar-refractivity contribution >= 4 is 39.2 Å². The predicted molar refractivity (Wildman–Crippen MR) is 123 cm³/mol. The molecule has 1 fully saturated rings. The Kier molecular flexibility index (Phi) is 5.96. The molecule has 0 spiro atoms. The van der Waals surface area contributed by atoms with Crippen molar-refractivity contribution in [2.45, 2.75) is 11.6 Å². The summed E-state index contributed by atoms with van der Waals surface area (Å²) in [6.45, 7) is 5.32. The average Bonchev–Trinajstić information content (AvgIpc) is 3.45. The van der Waals surface area contributed by atoms with Crippen molar-refractivity contribution in [3.8, 4) is 11.5 Å². The van der Waals surface area contributed by atoms with E-state index in [-0.39, 0.29) is 0 Å². The van der Waals surface area contributed by atoms with Crippen LogP contribution in [0.15, 0.2) is 64.2 Å². The molecule has 6 nitrogen and oxygen atoms in total. The van der Waals surface area contributed by atoms with E-state index >= 15 is 0 Å². The SMILES string of the molecule is c1ccc(-c2nnc(SCCCN3CCN(c4nsc5ccccc45)CC3)o2)cc1. The van der Waals surface area contributed by atoms with Crippen LogP contribution in [0, 0.1) is 0 Å². The molecule has 1 saturated heterocycles. The van der Waals surface area contributed by atoms with E-state index < -0.39 is 0 Å². The number of fused-ring (bicyclic) bond motifs is 1. The van der Waals surface area contributed by atoms with E-state index in [1.807, 2.05) is 30.3 Å². The minimum atomic E-state index is 0.587. The third-order valence-corrected chi connectivity index (χ3v) is 7.02. The van der Waals surface area contributed by atoms with Crippen LogP contribution in [0.3, 0.4) is 0 Å². The zero-order valence-electron chi connectivity index (χ0n) is 16.6. The second-order valence-electron chi connectivity index (χ2n) is 7.27. The first-order valence-corrected chi connectivity index (χ1v) is 12.0. The van der Waals surface area contributed by atoms with Crippen molar-refractivity contribution in [3.63, 3.8) is 0 Å². The summed E-state index contributed by atoms with van der Waals surface area (Å²) in [7, 11) is 0. The Morgan fingerprint density at radius 2 is 1.73 bits per heavy atom. The molecular formula is C22H23N5OS2. The molecule has 5 rings (SSSR count). The van der Waals surface area contributed by atoms with Gasteiger partial charge < -0.3 is 9.32 Å². The van der Waals surface area contributed by atoms with Gasteiger partial charge >= 0.3 is 0 Å². The molecule has 8 heteroatoms. The second kappa shape index (κ2) is 9.16. The van der Waals surface area contributed by atoms with Gasteiger partial charge in [-0.05, 0) is 48.8 Å². The number of aromatic nitrogens is 3.